The van der Waals surface area contributed by atoms with Gasteiger partial charge in [0, 0.05) is 34.7 Å². The molecule has 4 rings (SSSR count). The molecule has 1 aliphatic carbocycles. The molecular formula is C21H20FN5O2. The first kappa shape index (κ1) is 18.7. The number of nitrogens with two attached hydrogens (primary N) is 2. The third-order valence-corrected chi connectivity index (χ3v) is 5.53. The highest BCUT2D eigenvalue weighted by atomic mass is 19.1. The van der Waals surface area contributed by atoms with Gasteiger partial charge in [-0.1, -0.05) is 0 Å². The Bertz CT molecular complexity index is 1230. The number of ether oxygens (including phenoxy) is 1. The van der Waals surface area contributed by atoms with E-state index in [0.29, 0.717) is 44.7 Å². The molecule has 0 radical (unpaired) electrons. The minimum atomic E-state index is -0.741. The van der Waals surface area contributed by atoms with Crippen LogP contribution in [0.15, 0.2) is 12.3 Å². The third-order valence-electron chi connectivity index (χ3n) is 5.53. The first-order valence-electron chi connectivity index (χ1n) is 9.18. The van der Waals surface area contributed by atoms with E-state index >= 15 is 0 Å². The van der Waals surface area contributed by atoms with Gasteiger partial charge in [0.15, 0.2) is 0 Å². The quantitative estimate of drug-likeness (QED) is 0.705. The predicted octanol–water partition coefficient (Wildman–Crippen LogP) is 3.22. The predicted molar refractivity (Wildman–Crippen MR) is 107 cm³/mol. The molecule has 1 aromatic carbocycles. The van der Waals surface area contributed by atoms with Gasteiger partial charge in [-0.25, -0.2) is 4.39 Å². The summed E-state index contributed by atoms with van der Waals surface area (Å²) in [6.07, 6.45) is 3.41. The summed E-state index contributed by atoms with van der Waals surface area (Å²) in [5.74, 6) is -0.661. The molecule has 2 heterocycles. The highest BCUT2D eigenvalue weighted by molar-refractivity contribution is 6.12. The minimum Gasteiger partial charge on any atom is -0.496 e. The number of nitrogen functional groups attached to an aromatic ring is 1. The van der Waals surface area contributed by atoms with E-state index < -0.39 is 11.7 Å². The second-order valence-electron chi connectivity index (χ2n) is 7.29. The van der Waals surface area contributed by atoms with Crippen LogP contribution in [0.4, 0.5) is 10.2 Å². The number of hydrogen-bond acceptors (Lipinski definition) is 5. The molecule has 1 aliphatic rings. The van der Waals surface area contributed by atoms with Crippen LogP contribution < -0.4 is 16.2 Å². The summed E-state index contributed by atoms with van der Waals surface area (Å²) in [5.41, 5.74) is 14.8. The molecule has 2 aromatic heterocycles. The molecule has 0 spiro atoms. The Morgan fingerprint density at radius 3 is 2.62 bits per heavy atom. The van der Waals surface area contributed by atoms with Gasteiger partial charge in [-0.05, 0) is 26.7 Å². The number of methoxy groups -OCH3 is 1. The lowest BCUT2D eigenvalue weighted by molar-refractivity contribution is 0.100. The number of pyridine rings is 1. The summed E-state index contributed by atoms with van der Waals surface area (Å²) < 4.78 is 21.5. The summed E-state index contributed by atoms with van der Waals surface area (Å²) in [7, 11) is 1.45. The SMILES string of the molecule is COc1cc(F)c(C)c(-n2c(N)c(C(N)=O)c3cnc(C4CC4)c(C#N)c32)c1C. The van der Waals surface area contributed by atoms with Crippen molar-refractivity contribution >= 4 is 22.6 Å². The van der Waals surface area contributed by atoms with Crippen LogP contribution in [0.5, 0.6) is 5.75 Å². The van der Waals surface area contributed by atoms with Gasteiger partial charge in [0.25, 0.3) is 5.91 Å². The van der Waals surface area contributed by atoms with Crippen molar-refractivity contribution in [2.24, 2.45) is 5.73 Å². The minimum absolute atomic E-state index is 0.0394. The number of rotatable bonds is 4. The van der Waals surface area contributed by atoms with Crippen LogP contribution in [0.1, 0.15) is 51.5 Å². The average Bonchev–Trinajstić information content (AvgIpc) is 3.48. The molecule has 1 saturated carbocycles. The van der Waals surface area contributed by atoms with E-state index in [9.17, 15) is 14.4 Å². The number of nitrogens with zero attached hydrogens (tertiary/aromatic N) is 3. The molecule has 7 nitrogen and oxygen atoms in total. The fourth-order valence-electron chi connectivity index (χ4n) is 3.96. The van der Waals surface area contributed by atoms with E-state index in [2.05, 4.69) is 11.1 Å². The standard InChI is InChI=1S/C21H20FN5O2/c1-9-14(22)6-15(29-3)10(2)18(9)27-19-12(7-23)17(11-4-5-11)26-8-13(19)16(20(27)24)21(25)28/h6,8,11H,4-5,24H2,1-3H3,(H2,25,28). The average molecular weight is 393 g/mol. The molecule has 4 N–H and O–H groups in total. The van der Waals surface area contributed by atoms with E-state index in [1.165, 1.54) is 23.9 Å². The van der Waals surface area contributed by atoms with Crippen LogP contribution in [0, 0.1) is 31.0 Å². The Morgan fingerprint density at radius 1 is 1.38 bits per heavy atom. The van der Waals surface area contributed by atoms with Crippen molar-refractivity contribution in [3.05, 3.63) is 46.0 Å². The highest BCUT2D eigenvalue weighted by Gasteiger charge is 2.32. The largest absolute Gasteiger partial charge is 0.496 e. The monoisotopic (exact) mass is 393 g/mol. The van der Waals surface area contributed by atoms with Crippen molar-refractivity contribution in [1.82, 2.24) is 9.55 Å². The maximum absolute atomic E-state index is 14.7. The smallest absolute Gasteiger partial charge is 0.253 e. The van der Waals surface area contributed by atoms with Gasteiger partial charge < -0.3 is 16.2 Å². The highest BCUT2D eigenvalue weighted by Crippen LogP contribution is 2.44. The van der Waals surface area contributed by atoms with Crippen molar-refractivity contribution in [2.75, 3.05) is 12.8 Å². The number of benzene rings is 1. The van der Waals surface area contributed by atoms with Crippen molar-refractivity contribution < 1.29 is 13.9 Å². The van der Waals surface area contributed by atoms with E-state index in [0.717, 1.165) is 12.8 Å². The Morgan fingerprint density at radius 2 is 2.07 bits per heavy atom. The topological polar surface area (TPSA) is 120 Å². The van der Waals surface area contributed by atoms with Crippen LogP contribution in [-0.4, -0.2) is 22.6 Å². The second-order valence-corrected chi connectivity index (χ2v) is 7.29. The lowest BCUT2D eigenvalue weighted by atomic mass is 10.0. The molecule has 0 unspecified atom stereocenters. The van der Waals surface area contributed by atoms with Gasteiger partial charge in [0.2, 0.25) is 0 Å². The molecule has 148 valence electrons. The van der Waals surface area contributed by atoms with Crippen LogP contribution in [0.25, 0.3) is 16.6 Å². The van der Waals surface area contributed by atoms with Gasteiger partial charge in [-0.2, -0.15) is 5.26 Å². The molecule has 0 aliphatic heterocycles. The molecule has 0 saturated heterocycles. The number of hydrogen-bond donors (Lipinski definition) is 2. The van der Waals surface area contributed by atoms with Gasteiger partial charge in [0.1, 0.15) is 23.5 Å². The molecule has 1 fully saturated rings. The van der Waals surface area contributed by atoms with E-state index in [-0.39, 0.29) is 17.3 Å². The zero-order valence-electron chi connectivity index (χ0n) is 16.3. The van der Waals surface area contributed by atoms with Crippen molar-refractivity contribution in [3.63, 3.8) is 0 Å². The number of nitriles is 1. The van der Waals surface area contributed by atoms with Gasteiger partial charge >= 0.3 is 0 Å². The zero-order valence-corrected chi connectivity index (χ0v) is 16.3. The number of aromatic nitrogens is 2. The summed E-state index contributed by atoms with van der Waals surface area (Å²) >= 11 is 0. The van der Waals surface area contributed by atoms with E-state index in [1.807, 2.05) is 0 Å². The lowest BCUT2D eigenvalue weighted by Crippen LogP contribution is -2.14. The molecule has 3 aromatic rings. The Labute approximate surface area is 166 Å². The van der Waals surface area contributed by atoms with E-state index in [1.54, 1.807) is 13.8 Å². The first-order valence-corrected chi connectivity index (χ1v) is 9.18. The molecular weight excluding hydrogens is 373 g/mol. The summed E-state index contributed by atoms with van der Waals surface area (Å²) in [6.45, 7) is 3.38. The Kier molecular flexibility index (Phi) is 4.19. The number of halogens is 1. The second kappa shape index (κ2) is 6.48. The normalized spacial score (nSPS) is 13.5. The van der Waals surface area contributed by atoms with Crippen LogP contribution in [-0.2, 0) is 0 Å². The van der Waals surface area contributed by atoms with Crippen molar-refractivity contribution in [2.45, 2.75) is 32.6 Å². The lowest BCUT2D eigenvalue weighted by Gasteiger charge is -2.18. The van der Waals surface area contributed by atoms with Gasteiger partial charge in [-0.15, -0.1) is 0 Å². The fraction of sp³-hybridized carbons (Fsp3) is 0.286. The third kappa shape index (κ3) is 2.62. The summed E-state index contributed by atoms with van der Waals surface area (Å²) in [6, 6.07) is 3.51. The molecule has 8 heteroatoms. The summed E-state index contributed by atoms with van der Waals surface area (Å²) in [5, 5.41) is 10.3. The fourth-order valence-corrected chi connectivity index (χ4v) is 3.96. The van der Waals surface area contributed by atoms with E-state index in [4.69, 9.17) is 16.2 Å². The molecule has 0 atom stereocenters. The first-order chi connectivity index (χ1) is 13.8. The number of fused-ring (bicyclic) bond motifs is 1. The number of carbonyl (C=O) groups excluding carboxylic acids is 1. The Hall–Kier alpha value is -3.60. The van der Waals surface area contributed by atoms with Gasteiger partial charge in [-0.3, -0.25) is 14.3 Å². The molecule has 0 bridgehead atoms. The summed E-state index contributed by atoms with van der Waals surface area (Å²) in [4.78, 5) is 16.6. The number of amides is 1. The van der Waals surface area contributed by atoms with Crippen molar-refractivity contribution in [1.29, 1.82) is 5.26 Å². The Balaban J connectivity index is 2.23. The number of primary amides is 1. The maximum atomic E-state index is 14.7. The van der Waals surface area contributed by atoms with Crippen molar-refractivity contribution in [3.8, 4) is 17.5 Å². The number of anilines is 1. The molecule has 29 heavy (non-hydrogen) atoms. The zero-order chi connectivity index (χ0) is 21.0. The number of carbonyl (C=O) groups is 1. The van der Waals surface area contributed by atoms with Crippen LogP contribution in [0.3, 0.4) is 0 Å². The van der Waals surface area contributed by atoms with Crippen LogP contribution >= 0.6 is 0 Å². The van der Waals surface area contributed by atoms with Crippen LogP contribution in [0.2, 0.25) is 0 Å². The molecule has 1 amide bonds. The van der Waals surface area contributed by atoms with Gasteiger partial charge in [0.05, 0.1) is 35.1 Å². The maximum Gasteiger partial charge on any atom is 0.253 e.